The second-order valence-electron chi connectivity index (χ2n) is 7.20. The van der Waals surface area contributed by atoms with E-state index >= 15 is 0 Å². The van der Waals surface area contributed by atoms with Gasteiger partial charge < -0.3 is 23.7 Å². The predicted octanol–water partition coefficient (Wildman–Crippen LogP) is 0.403. The Labute approximate surface area is 167 Å². The number of methoxy groups -OCH3 is 1. The Hall–Kier alpha value is -2.65. The smallest absolute Gasteiger partial charge is 0.344 e. The molecule has 3 heterocycles. The van der Waals surface area contributed by atoms with E-state index in [4.69, 9.17) is 23.7 Å². The molecule has 9 nitrogen and oxygen atoms in total. The highest BCUT2D eigenvalue weighted by atomic mass is 16.6. The molecule has 2 bridgehead atoms. The molecule has 0 saturated carbocycles. The van der Waals surface area contributed by atoms with Gasteiger partial charge in [-0.3, -0.25) is 14.5 Å². The van der Waals surface area contributed by atoms with Crippen LogP contribution in [0.25, 0.3) is 0 Å². The van der Waals surface area contributed by atoms with Crippen LogP contribution in [0.15, 0.2) is 24.3 Å². The number of amides is 2. The monoisotopic (exact) mass is 405 g/mol. The SMILES string of the molecule is CCOc1ccc(OCC(=O)OC2C(OC)C3OC2C2C(=O)N(C)C(=O)C32)cc1. The first-order valence-electron chi connectivity index (χ1n) is 9.51. The summed E-state index contributed by atoms with van der Waals surface area (Å²) >= 11 is 0. The number of fused-ring (bicyclic) bond motifs is 5. The van der Waals surface area contributed by atoms with Gasteiger partial charge in [0.15, 0.2) is 12.7 Å². The van der Waals surface area contributed by atoms with Crippen molar-refractivity contribution in [2.45, 2.75) is 31.3 Å². The molecule has 29 heavy (non-hydrogen) atoms. The summed E-state index contributed by atoms with van der Waals surface area (Å²) in [7, 11) is 2.92. The van der Waals surface area contributed by atoms with Crippen LogP contribution in [-0.2, 0) is 28.6 Å². The highest BCUT2D eigenvalue weighted by molar-refractivity contribution is 6.06. The van der Waals surface area contributed by atoms with E-state index in [1.807, 2.05) is 6.92 Å². The van der Waals surface area contributed by atoms with Crippen molar-refractivity contribution in [3.63, 3.8) is 0 Å². The molecule has 1 aromatic carbocycles. The minimum Gasteiger partial charge on any atom is -0.494 e. The number of hydrogen-bond acceptors (Lipinski definition) is 8. The fourth-order valence-electron chi connectivity index (χ4n) is 4.37. The zero-order chi connectivity index (χ0) is 20.7. The summed E-state index contributed by atoms with van der Waals surface area (Å²) in [6.45, 7) is 2.14. The van der Waals surface area contributed by atoms with Crippen LogP contribution >= 0.6 is 0 Å². The molecule has 9 heteroatoms. The van der Waals surface area contributed by atoms with Gasteiger partial charge >= 0.3 is 5.97 Å². The molecule has 0 aromatic heterocycles. The number of imide groups is 1. The molecule has 0 radical (unpaired) electrons. The van der Waals surface area contributed by atoms with Gasteiger partial charge in [0.05, 0.1) is 18.4 Å². The lowest BCUT2D eigenvalue weighted by atomic mass is 9.78. The van der Waals surface area contributed by atoms with Gasteiger partial charge in [0.1, 0.15) is 29.8 Å². The first-order chi connectivity index (χ1) is 14.0. The van der Waals surface area contributed by atoms with Gasteiger partial charge in [-0.25, -0.2) is 4.79 Å². The Bertz CT molecular complexity index is 809. The first-order valence-corrected chi connectivity index (χ1v) is 9.51. The average Bonchev–Trinajstić information content (AvgIpc) is 3.33. The molecule has 3 fully saturated rings. The molecule has 1 aromatic rings. The molecule has 6 unspecified atom stereocenters. The molecule has 3 aliphatic rings. The van der Waals surface area contributed by atoms with Gasteiger partial charge in [-0.15, -0.1) is 0 Å². The van der Waals surface area contributed by atoms with Gasteiger partial charge in [0.2, 0.25) is 11.8 Å². The van der Waals surface area contributed by atoms with Crippen LogP contribution in [0.1, 0.15) is 6.92 Å². The van der Waals surface area contributed by atoms with Crippen molar-refractivity contribution in [3.05, 3.63) is 24.3 Å². The Morgan fingerprint density at radius 1 is 1.00 bits per heavy atom. The van der Waals surface area contributed by atoms with Gasteiger partial charge in [-0.05, 0) is 31.2 Å². The summed E-state index contributed by atoms with van der Waals surface area (Å²) in [5.74, 6) is -1.22. The third kappa shape index (κ3) is 3.24. The molecular formula is C20H23NO8. The molecule has 6 atom stereocenters. The van der Waals surface area contributed by atoms with Gasteiger partial charge in [-0.1, -0.05) is 0 Å². The van der Waals surface area contributed by atoms with E-state index in [1.54, 1.807) is 24.3 Å². The number of carbonyl (C=O) groups excluding carboxylic acids is 3. The van der Waals surface area contributed by atoms with Crippen molar-refractivity contribution in [1.29, 1.82) is 0 Å². The maximum atomic E-state index is 12.4. The largest absolute Gasteiger partial charge is 0.494 e. The van der Waals surface area contributed by atoms with Gasteiger partial charge in [-0.2, -0.15) is 0 Å². The van der Waals surface area contributed by atoms with E-state index in [0.29, 0.717) is 18.1 Å². The summed E-state index contributed by atoms with van der Waals surface area (Å²) in [5, 5.41) is 0. The minimum absolute atomic E-state index is 0.279. The number of ether oxygens (including phenoxy) is 5. The Morgan fingerprint density at radius 3 is 2.10 bits per heavy atom. The Balaban J connectivity index is 1.38. The van der Waals surface area contributed by atoms with Crippen molar-refractivity contribution in [1.82, 2.24) is 4.90 Å². The van der Waals surface area contributed by atoms with Crippen LogP contribution in [0.3, 0.4) is 0 Å². The van der Waals surface area contributed by atoms with Crippen LogP contribution in [0.5, 0.6) is 11.5 Å². The fourth-order valence-corrected chi connectivity index (χ4v) is 4.37. The molecule has 0 aliphatic carbocycles. The zero-order valence-corrected chi connectivity index (χ0v) is 16.4. The van der Waals surface area contributed by atoms with Crippen LogP contribution in [0.4, 0.5) is 0 Å². The third-order valence-corrected chi connectivity index (χ3v) is 5.64. The van der Waals surface area contributed by atoms with Gasteiger partial charge in [0.25, 0.3) is 0 Å². The lowest BCUT2D eigenvalue weighted by Crippen LogP contribution is -2.50. The highest BCUT2D eigenvalue weighted by Crippen LogP contribution is 2.50. The molecule has 0 spiro atoms. The van der Waals surface area contributed by atoms with Crippen LogP contribution < -0.4 is 9.47 Å². The lowest BCUT2D eigenvalue weighted by Gasteiger charge is -2.31. The topological polar surface area (TPSA) is 101 Å². The number of likely N-dealkylation sites (tertiary alicyclic amines) is 1. The maximum Gasteiger partial charge on any atom is 0.344 e. The molecule has 3 saturated heterocycles. The van der Waals surface area contributed by atoms with Crippen molar-refractivity contribution < 1.29 is 38.1 Å². The molecule has 2 amide bonds. The second-order valence-corrected chi connectivity index (χ2v) is 7.20. The van der Waals surface area contributed by atoms with E-state index in [-0.39, 0.29) is 18.4 Å². The van der Waals surface area contributed by atoms with E-state index in [1.165, 1.54) is 14.2 Å². The van der Waals surface area contributed by atoms with E-state index in [0.717, 1.165) is 4.90 Å². The number of hydrogen-bond donors (Lipinski definition) is 0. The third-order valence-electron chi connectivity index (χ3n) is 5.64. The number of carbonyl (C=O) groups is 3. The second kappa shape index (κ2) is 7.64. The Kier molecular flexibility index (Phi) is 5.18. The van der Waals surface area contributed by atoms with E-state index in [2.05, 4.69) is 0 Å². The van der Waals surface area contributed by atoms with E-state index < -0.39 is 42.2 Å². The minimum atomic E-state index is -0.772. The van der Waals surface area contributed by atoms with Crippen LogP contribution in [0.2, 0.25) is 0 Å². The lowest BCUT2D eigenvalue weighted by molar-refractivity contribution is -0.163. The van der Waals surface area contributed by atoms with Crippen molar-refractivity contribution in [2.75, 3.05) is 27.4 Å². The van der Waals surface area contributed by atoms with Crippen molar-refractivity contribution in [3.8, 4) is 11.5 Å². The van der Waals surface area contributed by atoms with Crippen LogP contribution in [-0.4, -0.2) is 74.5 Å². The normalized spacial score (nSPS) is 32.4. The molecule has 3 aliphatic heterocycles. The zero-order valence-electron chi connectivity index (χ0n) is 16.4. The number of benzene rings is 1. The molecule has 0 N–H and O–H groups in total. The standard InChI is InChI=1S/C20H23NO8/c1-4-26-10-5-7-11(8-6-10)27-9-12(22)28-18-16-14-13(15(29-16)17(18)25-3)19(23)21(2)20(14)24/h5-8,13-18H,4,9H2,1-3H3. The molecular weight excluding hydrogens is 382 g/mol. The first kappa shape index (κ1) is 19.7. The van der Waals surface area contributed by atoms with Crippen molar-refractivity contribution >= 4 is 17.8 Å². The van der Waals surface area contributed by atoms with Crippen LogP contribution in [0, 0.1) is 11.8 Å². The molecule has 156 valence electrons. The quantitative estimate of drug-likeness (QED) is 0.475. The predicted molar refractivity (Wildman–Crippen MR) is 97.2 cm³/mol. The summed E-state index contributed by atoms with van der Waals surface area (Å²) in [4.78, 5) is 38.2. The molecule has 4 rings (SSSR count). The summed E-state index contributed by atoms with van der Waals surface area (Å²) < 4.78 is 27.6. The Morgan fingerprint density at radius 2 is 1.55 bits per heavy atom. The average molecular weight is 405 g/mol. The number of esters is 1. The summed E-state index contributed by atoms with van der Waals surface area (Å²) in [6, 6.07) is 6.88. The van der Waals surface area contributed by atoms with Gasteiger partial charge in [0, 0.05) is 14.2 Å². The summed E-state index contributed by atoms with van der Waals surface area (Å²) in [6.07, 6.45) is -2.70. The maximum absolute atomic E-state index is 12.4. The fraction of sp³-hybridized carbons (Fsp3) is 0.550. The summed E-state index contributed by atoms with van der Waals surface area (Å²) in [5.41, 5.74) is 0. The van der Waals surface area contributed by atoms with Crippen molar-refractivity contribution in [2.24, 2.45) is 11.8 Å². The number of rotatable bonds is 7. The number of nitrogens with zero attached hydrogens (tertiary/aromatic N) is 1. The highest BCUT2D eigenvalue weighted by Gasteiger charge is 2.69. The van der Waals surface area contributed by atoms with E-state index in [9.17, 15) is 14.4 Å².